The van der Waals surface area contributed by atoms with Crippen LogP contribution < -0.4 is 4.74 Å². The van der Waals surface area contributed by atoms with Crippen molar-refractivity contribution in [1.82, 2.24) is 4.90 Å². The van der Waals surface area contributed by atoms with Crippen LogP contribution in [0.25, 0.3) is 0 Å². The van der Waals surface area contributed by atoms with Crippen LogP contribution in [0.3, 0.4) is 0 Å². The summed E-state index contributed by atoms with van der Waals surface area (Å²) in [5.74, 6) is 2.33. The molecule has 3 nitrogen and oxygen atoms in total. The molecule has 3 heteroatoms. The van der Waals surface area contributed by atoms with Gasteiger partial charge in [0, 0.05) is 19.6 Å². The Morgan fingerprint density at radius 2 is 1.90 bits per heavy atom. The number of ether oxygens (including phenoxy) is 1. The minimum absolute atomic E-state index is 0.365. The fourth-order valence-electron chi connectivity index (χ4n) is 3.36. The first-order valence-electron chi connectivity index (χ1n) is 8.05. The van der Waals surface area contributed by atoms with Gasteiger partial charge in [-0.3, -0.25) is 0 Å². The fourth-order valence-corrected chi connectivity index (χ4v) is 3.36. The van der Waals surface area contributed by atoms with Crippen molar-refractivity contribution in [2.45, 2.75) is 40.2 Å². The topological polar surface area (TPSA) is 32.7 Å². The van der Waals surface area contributed by atoms with Crippen LogP contribution in [0.15, 0.2) is 18.2 Å². The van der Waals surface area contributed by atoms with E-state index in [1.807, 2.05) is 12.1 Å². The Balaban J connectivity index is 1.82. The number of hydrogen-bond acceptors (Lipinski definition) is 3. The third-order valence-corrected chi connectivity index (χ3v) is 4.40. The molecule has 0 spiro atoms. The van der Waals surface area contributed by atoms with Crippen molar-refractivity contribution < 1.29 is 9.84 Å². The maximum Gasteiger partial charge on any atom is 0.122 e. The molecule has 1 aliphatic rings. The van der Waals surface area contributed by atoms with Crippen molar-refractivity contribution in [3.05, 3.63) is 29.3 Å². The lowest BCUT2D eigenvalue weighted by atomic mass is 9.92. The number of nitrogens with zero attached hydrogens (tertiary/aromatic N) is 1. The predicted octanol–water partition coefficient (Wildman–Crippen LogP) is 3.02. The number of aliphatic hydroxyl groups is 1. The second-order valence-corrected chi connectivity index (χ2v) is 6.83. The summed E-state index contributed by atoms with van der Waals surface area (Å²) in [6.45, 7) is 12.0. The number of benzene rings is 1. The monoisotopic (exact) mass is 291 g/mol. The molecule has 21 heavy (non-hydrogen) atoms. The predicted molar refractivity (Wildman–Crippen MR) is 86.8 cm³/mol. The molecule has 3 atom stereocenters. The molecule has 0 radical (unpaired) electrons. The van der Waals surface area contributed by atoms with Gasteiger partial charge in [-0.1, -0.05) is 26.0 Å². The smallest absolute Gasteiger partial charge is 0.122 e. The van der Waals surface area contributed by atoms with Gasteiger partial charge in [0.05, 0.1) is 0 Å². The van der Waals surface area contributed by atoms with Crippen molar-refractivity contribution in [2.24, 2.45) is 11.8 Å². The zero-order valence-electron chi connectivity index (χ0n) is 13.8. The number of piperidine rings is 1. The molecule has 0 bridgehead atoms. The average Bonchev–Trinajstić information content (AvgIpc) is 2.39. The lowest BCUT2D eigenvalue weighted by Crippen LogP contribution is -2.44. The van der Waals surface area contributed by atoms with Crippen molar-refractivity contribution >= 4 is 0 Å². The van der Waals surface area contributed by atoms with Crippen LogP contribution in [0.5, 0.6) is 5.75 Å². The highest BCUT2D eigenvalue weighted by molar-refractivity contribution is 5.38. The van der Waals surface area contributed by atoms with Gasteiger partial charge in [-0.05, 0) is 49.3 Å². The third-order valence-electron chi connectivity index (χ3n) is 4.40. The molecule has 1 heterocycles. The SMILES string of the molecule is Cc1cccc(OC[C@@H](O)CN2C[C@H](C)C[C@H](C)C2)c1C. The van der Waals surface area contributed by atoms with Crippen molar-refractivity contribution in [1.29, 1.82) is 0 Å². The first-order chi connectivity index (χ1) is 9.95. The van der Waals surface area contributed by atoms with Gasteiger partial charge in [-0.2, -0.15) is 0 Å². The van der Waals surface area contributed by atoms with Gasteiger partial charge in [0.1, 0.15) is 18.5 Å². The van der Waals surface area contributed by atoms with Gasteiger partial charge in [0.2, 0.25) is 0 Å². The highest BCUT2D eigenvalue weighted by Gasteiger charge is 2.23. The summed E-state index contributed by atoms with van der Waals surface area (Å²) in [5, 5.41) is 10.2. The average molecular weight is 291 g/mol. The molecule has 0 aliphatic carbocycles. The summed E-state index contributed by atoms with van der Waals surface area (Å²) in [6.07, 6.45) is 0.869. The zero-order chi connectivity index (χ0) is 15.4. The van der Waals surface area contributed by atoms with E-state index in [1.165, 1.54) is 12.0 Å². The lowest BCUT2D eigenvalue weighted by molar-refractivity contribution is 0.0427. The van der Waals surface area contributed by atoms with Gasteiger partial charge in [0.25, 0.3) is 0 Å². The molecule has 1 N–H and O–H groups in total. The highest BCUT2D eigenvalue weighted by atomic mass is 16.5. The number of hydrogen-bond donors (Lipinski definition) is 1. The molecule has 1 aromatic rings. The molecule has 1 saturated heterocycles. The Morgan fingerprint density at radius 3 is 2.57 bits per heavy atom. The third kappa shape index (κ3) is 4.72. The standard InChI is InChI=1S/C18H29NO2/c1-13-8-14(2)10-19(9-13)11-17(20)12-21-18-7-5-6-15(3)16(18)4/h5-7,13-14,17,20H,8-12H2,1-4H3/t13-,14+,17-/m0/s1. The summed E-state index contributed by atoms with van der Waals surface area (Å²) in [6, 6.07) is 6.05. The van der Waals surface area contributed by atoms with Crippen LogP contribution >= 0.6 is 0 Å². The van der Waals surface area contributed by atoms with Gasteiger partial charge >= 0.3 is 0 Å². The lowest BCUT2D eigenvalue weighted by Gasteiger charge is -2.35. The number of rotatable bonds is 5. The Kier molecular flexibility index (Phi) is 5.65. The van der Waals surface area contributed by atoms with Crippen molar-refractivity contribution in [3.63, 3.8) is 0 Å². The van der Waals surface area contributed by atoms with Crippen LogP contribution in [0.1, 0.15) is 31.4 Å². The van der Waals surface area contributed by atoms with Gasteiger partial charge < -0.3 is 14.7 Å². The van der Waals surface area contributed by atoms with E-state index in [1.54, 1.807) is 0 Å². The molecular weight excluding hydrogens is 262 g/mol. The normalized spacial score (nSPS) is 24.8. The van der Waals surface area contributed by atoms with Crippen LogP contribution in [0.4, 0.5) is 0 Å². The van der Waals surface area contributed by atoms with E-state index in [4.69, 9.17) is 4.74 Å². The minimum atomic E-state index is -0.428. The van der Waals surface area contributed by atoms with Gasteiger partial charge in [-0.15, -0.1) is 0 Å². The fraction of sp³-hybridized carbons (Fsp3) is 0.667. The Bertz CT molecular complexity index is 451. The summed E-state index contributed by atoms with van der Waals surface area (Å²) in [4.78, 5) is 2.37. The molecule has 1 aromatic carbocycles. The summed E-state index contributed by atoms with van der Waals surface area (Å²) in [5.41, 5.74) is 2.38. The molecule has 118 valence electrons. The molecule has 0 saturated carbocycles. The van der Waals surface area contributed by atoms with Gasteiger partial charge in [0.15, 0.2) is 0 Å². The molecule has 2 rings (SSSR count). The van der Waals surface area contributed by atoms with Crippen LogP contribution in [0.2, 0.25) is 0 Å². The second kappa shape index (κ2) is 7.28. The van der Waals surface area contributed by atoms with E-state index in [0.717, 1.165) is 36.2 Å². The molecule has 0 unspecified atom stereocenters. The quantitative estimate of drug-likeness (QED) is 0.905. The maximum atomic E-state index is 10.2. The zero-order valence-corrected chi connectivity index (χ0v) is 13.8. The van der Waals surface area contributed by atoms with Crippen LogP contribution in [-0.2, 0) is 0 Å². The Labute approximate surface area is 128 Å². The molecule has 1 aliphatic heterocycles. The van der Waals surface area contributed by atoms with Crippen molar-refractivity contribution in [3.8, 4) is 5.75 Å². The van der Waals surface area contributed by atoms with E-state index in [2.05, 4.69) is 38.7 Å². The first kappa shape index (κ1) is 16.3. The van der Waals surface area contributed by atoms with E-state index < -0.39 is 6.10 Å². The van der Waals surface area contributed by atoms with Gasteiger partial charge in [-0.25, -0.2) is 0 Å². The van der Waals surface area contributed by atoms with Crippen LogP contribution in [-0.4, -0.2) is 42.4 Å². The summed E-state index contributed by atoms with van der Waals surface area (Å²) < 4.78 is 5.80. The maximum absolute atomic E-state index is 10.2. The number of aliphatic hydroxyl groups excluding tert-OH is 1. The van der Waals surface area contributed by atoms with Crippen molar-refractivity contribution in [2.75, 3.05) is 26.2 Å². The van der Waals surface area contributed by atoms with Crippen LogP contribution in [0, 0.1) is 25.7 Å². The highest BCUT2D eigenvalue weighted by Crippen LogP contribution is 2.22. The largest absolute Gasteiger partial charge is 0.491 e. The minimum Gasteiger partial charge on any atom is -0.491 e. The molecule has 0 aromatic heterocycles. The van der Waals surface area contributed by atoms with E-state index >= 15 is 0 Å². The molecule has 1 fully saturated rings. The van der Waals surface area contributed by atoms with E-state index in [0.29, 0.717) is 13.2 Å². The number of aryl methyl sites for hydroxylation is 1. The summed E-state index contributed by atoms with van der Waals surface area (Å²) in [7, 11) is 0. The summed E-state index contributed by atoms with van der Waals surface area (Å²) >= 11 is 0. The second-order valence-electron chi connectivity index (χ2n) is 6.83. The van der Waals surface area contributed by atoms with E-state index in [-0.39, 0.29) is 0 Å². The Hall–Kier alpha value is -1.06. The number of likely N-dealkylation sites (tertiary alicyclic amines) is 1. The Morgan fingerprint density at radius 1 is 1.24 bits per heavy atom. The van der Waals surface area contributed by atoms with E-state index in [9.17, 15) is 5.11 Å². The molecular formula is C18H29NO2. The molecule has 0 amide bonds. The first-order valence-corrected chi connectivity index (χ1v) is 8.05. The number of β-amino-alcohol motifs (C(OH)–C–C–N with tert-alkyl or cyclic N) is 1.